The van der Waals surface area contributed by atoms with Gasteiger partial charge in [0.2, 0.25) is 0 Å². The lowest BCUT2D eigenvalue weighted by Crippen LogP contribution is -2.24. The van der Waals surface area contributed by atoms with Gasteiger partial charge in [-0.2, -0.15) is 0 Å². The van der Waals surface area contributed by atoms with Gasteiger partial charge in [-0.05, 0) is 105 Å². The summed E-state index contributed by atoms with van der Waals surface area (Å²) in [6.45, 7) is 9.33. The van der Waals surface area contributed by atoms with Crippen LogP contribution < -0.4 is 0 Å². The van der Waals surface area contributed by atoms with Gasteiger partial charge in [-0.25, -0.2) is 0 Å². The molecule has 316 valence electrons. The molecular formula is C56H68S4. The van der Waals surface area contributed by atoms with E-state index in [1.165, 1.54) is 160 Å². The van der Waals surface area contributed by atoms with Gasteiger partial charge in [0.1, 0.15) is 0 Å². The van der Waals surface area contributed by atoms with Crippen LogP contribution in [0.1, 0.15) is 189 Å². The van der Waals surface area contributed by atoms with Crippen molar-refractivity contribution in [1.29, 1.82) is 0 Å². The van der Waals surface area contributed by atoms with Crippen LogP contribution >= 0.6 is 45.3 Å². The quantitative estimate of drug-likeness (QED) is 0.0420. The van der Waals surface area contributed by atoms with E-state index in [4.69, 9.17) is 0 Å². The van der Waals surface area contributed by atoms with E-state index in [1.807, 2.05) is 45.3 Å². The van der Waals surface area contributed by atoms with Crippen molar-refractivity contribution in [3.63, 3.8) is 0 Å². The Morgan fingerprint density at radius 1 is 0.383 bits per heavy atom. The third-order valence-electron chi connectivity index (χ3n) is 14.0. The molecule has 0 saturated heterocycles. The smallest absolute Gasteiger partial charge is 0.0493 e. The van der Waals surface area contributed by atoms with Crippen molar-refractivity contribution in [3.05, 3.63) is 117 Å². The molecular weight excluding hydrogens is 801 g/mol. The molecule has 0 aliphatic heterocycles. The van der Waals surface area contributed by atoms with E-state index < -0.39 is 0 Å². The summed E-state index contributed by atoms with van der Waals surface area (Å²) in [5.41, 5.74) is 12.2. The van der Waals surface area contributed by atoms with E-state index in [2.05, 4.69) is 123 Å². The van der Waals surface area contributed by atoms with Gasteiger partial charge in [0.25, 0.3) is 0 Å². The lowest BCUT2D eigenvalue weighted by molar-refractivity contribution is 0.402. The first-order valence-electron chi connectivity index (χ1n) is 23.9. The minimum Gasteiger partial charge on any atom is -0.143 e. The van der Waals surface area contributed by atoms with Crippen LogP contribution in [0.3, 0.4) is 0 Å². The van der Waals surface area contributed by atoms with Gasteiger partial charge in [-0.3, -0.25) is 0 Å². The van der Waals surface area contributed by atoms with Crippen molar-refractivity contribution in [1.82, 2.24) is 0 Å². The Morgan fingerprint density at radius 2 is 0.733 bits per heavy atom. The maximum Gasteiger partial charge on any atom is 0.0493 e. The second kappa shape index (κ2) is 20.4. The molecule has 0 bridgehead atoms. The Morgan fingerprint density at radius 3 is 1.07 bits per heavy atom. The normalized spacial score (nSPS) is 14.5. The fourth-order valence-corrected chi connectivity index (χ4v) is 15.4. The standard InChI is InChI=1S/C56H68S4/c1-5-9-13-17-33-55(34-18-14-10-6-2)45-31-37-57-51(45)53-47(55)39-49(59-53)43-27-23-41(24-28-43)21-22-42-25-29-44(30-26-42)50-40-48-54(60-50)52-46(32-38-58-52)56(48,35-19-15-11-7-3)36-20-16-12-8-4/h21-32,37-40H,5-20,33-36H2,1-4H3. The molecule has 6 aromatic rings. The van der Waals surface area contributed by atoms with Crippen LogP contribution in [-0.4, -0.2) is 0 Å². The van der Waals surface area contributed by atoms with Gasteiger partial charge in [-0.15, -0.1) is 45.3 Å². The summed E-state index contributed by atoms with van der Waals surface area (Å²) in [7, 11) is 0. The Hall–Kier alpha value is -3.02. The second-order valence-electron chi connectivity index (χ2n) is 18.0. The van der Waals surface area contributed by atoms with Gasteiger partial charge in [0.05, 0.1) is 0 Å². The zero-order chi connectivity index (χ0) is 41.4. The van der Waals surface area contributed by atoms with E-state index in [-0.39, 0.29) is 10.8 Å². The van der Waals surface area contributed by atoms with Gasteiger partial charge < -0.3 is 0 Å². The summed E-state index contributed by atoms with van der Waals surface area (Å²) in [5.74, 6) is 0. The lowest BCUT2D eigenvalue weighted by Gasteiger charge is -2.31. The number of hydrogen-bond donors (Lipinski definition) is 0. The zero-order valence-corrected chi connectivity index (χ0v) is 40.3. The number of rotatable bonds is 24. The molecule has 0 spiro atoms. The predicted octanol–water partition coefficient (Wildman–Crippen LogP) is 19.9. The van der Waals surface area contributed by atoms with Crippen LogP contribution in [0.25, 0.3) is 52.5 Å². The molecule has 2 aliphatic carbocycles. The van der Waals surface area contributed by atoms with Crippen molar-refractivity contribution in [2.45, 2.75) is 167 Å². The summed E-state index contributed by atoms with van der Waals surface area (Å²) >= 11 is 8.02. The molecule has 2 aromatic carbocycles. The fraction of sp³-hybridized carbons (Fsp3) is 0.464. The minimum atomic E-state index is 0.197. The lowest BCUT2D eigenvalue weighted by atomic mass is 9.71. The van der Waals surface area contributed by atoms with Crippen LogP contribution in [0.2, 0.25) is 0 Å². The third-order valence-corrected chi connectivity index (χ3v) is 18.5. The highest BCUT2D eigenvalue weighted by Gasteiger charge is 2.46. The topological polar surface area (TPSA) is 0 Å². The van der Waals surface area contributed by atoms with Crippen molar-refractivity contribution >= 4 is 57.5 Å². The number of unbranched alkanes of at least 4 members (excludes halogenated alkanes) is 12. The summed E-state index contributed by atoms with van der Waals surface area (Å²) in [6, 6.07) is 28.8. The van der Waals surface area contributed by atoms with E-state index in [1.54, 1.807) is 41.8 Å². The first kappa shape index (κ1) is 43.6. The molecule has 0 amide bonds. The SMILES string of the molecule is CCCCCCC1(CCCCCC)c2ccsc2-c2sc(-c3ccc(C=Cc4ccc(-c5cc6c(s5)-c5sccc5C6(CCCCCC)CCCCCC)cc4)cc3)cc21. The number of benzene rings is 2. The molecule has 8 rings (SSSR count). The van der Waals surface area contributed by atoms with Crippen molar-refractivity contribution < 1.29 is 0 Å². The Kier molecular flexibility index (Phi) is 14.9. The number of thiophene rings is 4. The van der Waals surface area contributed by atoms with E-state index in [9.17, 15) is 0 Å². The second-order valence-corrected chi connectivity index (χ2v) is 22.0. The van der Waals surface area contributed by atoms with E-state index in [0.717, 1.165) is 0 Å². The summed E-state index contributed by atoms with van der Waals surface area (Å²) < 4.78 is 0. The highest BCUT2D eigenvalue weighted by Crippen LogP contribution is 2.61. The molecule has 4 heteroatoms. The molecule has 0 fully saturated rings. The van der Waals surface area contributed by atoms with E-state index >= 15 is 0 Å². The molecule has 0 atom stereocenters. The Labute approximate surface area is 379 Å². The summed E-state index contributed by atoms with van der Waals surface area (Å²) in [5, 5.41) is 4.72. The average Bonchev–Trinajstić information content (AvgIpc) is 4.14. The highest BCUT2D eigenvalue weighted by atomic mass is 32.1. The maximum atomic E-state index is 2.60. The average molecular weight is 869 g/mol. The molecule has 4 heterocycles. The zero-order valence-electron chi connectivity index (χ0n) is 37.0. The van der Waals surface area contributed by atoms with Crippen molar-refractivity contribution in [3.8, 4) is 40.4 Å². The molecule has 2 aliphatic rings. The van der Waals surface area contributed by atoms with Crippen LogP contribution in [0.15, 0.2) is 83.6 Å². The van der Waals surface area contributed by atoms with Crippen LogP contribution in [0.5, 0.6) is 0 Å². The van der Waals surface area contributed by atoms with Crippen LogP contribution in [0, 0.1) is 0 Å². The largest absolute Gasteiger partial charge is 0.143 e. The van der Waals surface area contributed by atoms with Gasteiger partial charge >= 0.3 is 0 Å². The van der Waals surface area contributed by atoms with Crippen molar-refractivity contribution in [2.24, 2.45) is 0 Å². The van der Waals surface area contributed by atoms with Crippen molar-refractivity contribution in [2.75, 3.05) is 0 Å². The first-order valence-corrected chi connectivity index (χ1v) is 27.3. The molecule has 0 N–H and O–H groups in total. The predicted molar refractivity (Wildman–Crippen MR) is 272 cm³/mol. The van der Waals surface area contributed by atoms with Gasteiger partial charge in [0.15, 0.2) is 0 Å². The molecule has 0 nitrogen and oxygen atoms in total. The summed E-state index contributed by atoms with van der Waals surface area (Å²) in [6.07, 6.45) is 31.1. The van der Waals surface area contributed by atoms with E-state index in [0.29, 0.717) is 0 Å². The Balaban J connectivity index is 0.975. The van der Waals surface area contributed by atoms with Gasteiger partial charge in [-0.1, -0.05) is 191 Å². The highest BCUT2D eigenvalue weighted by molar-refractivity contribution is 7.24. The number of hydrogen-bond acceptors (Lipinski definition) is 4. The molecule has 0 unspecified atom stereocenters. The van der Waals surface area contributed by atoms with Gasteiger partial charge in [0, 0.05) is 40.1 Å². The molecule has 4 aromatic heterocycles. The summed E-state index contributed by atoms with van der Waals surface area (Å²) in [4.78, 5) is 9.08. The molecule has 60 heavy (non-hydrogen) atoms. The minimum absolute atomic E-state index is 0.197. The first-order chi connectivity index (χ1) is 29.5. The Bertz CT molecular complexity index is 2100. The molecule has 0 radical (unpaired) electrons. The molecule has 0 saturated carbocycles. The fourth-order valence-electron chi connectivity index (χ4n) is 10.6. The maximum absolute atomic E-state index is 2.60. The van der Waals surface area contributed by atoms with Crippen LogP contribution in [-0.2, 0) is 10.8 Å². The third kappa shape index (κ3) is 8.92. The number of fused-ring (bicyclic) bond motifs is 6. The monoisotopic (exact) mass is 868 g/mol. The van der Waals surface area contributed by atoms with Crippen LogP contribution in [0.4, 0.5) is 0 Å².